The fourth-order valence-electron chi connectivity index (χ4n) is 1.77. The van der Waals surface area contributed by atoms with Crippen molar-refractivity contribution in [1.29, 1.82) is 0 Å². The first-order valence-electron chi connectivity index (χ1n) is 5.52. The van der Waals surface area contributed by atoms with Crippen molar-refractivity contribution >= 4 is 21.4 Å². The monoisotopic (exact) mass is 300 g/mol. The fraction of sp³-hybridized carbons (Fsp3) is 0.250. The van der Waals surface area contributed by atoms with Crippen molar-refractivity contribution in [2.24, 2.45) is 0 Å². The van der Waals surface area contributed by atoms with E-state index in [1.807, 2.05) is 0 Å². The molecule has 1 N–H and O–H groups in total. The zero-order valence-corrected chi connectivity index (χ0v) is 12.0. The zero-order valence-electron chi connectivity index (χ0n) is 10.4. The molecule has 0 saturated carbocycles. The molecular weight excluding hydrogens is 288 g/mol. The summed E-state index contributed by atoms with van der Waals surface area (Å²) in [6.07, 6.45) is 2.99. The maximum Gasteiger partial charge on any atom is 0.178 e. The Balaban J connectivity index is 2.60. The molecule has 0 fully saturated rings. The Bertz CT molecular complexity index is 708. The van der Waals surface area contributed by atoms with Crippen LogP contribution in [-0.2, 0) is 9.84 Å². The van der Waals surface area contributed by atoms with E-state index in [0.29, 0.717) is 16.3 Å². The van der Waals surface area contributed by atoms with Gasteiger partial charge in [-0.15, -0.1) is 0 Å². The second-order valence-electron chi connectivity index (χ2n) is 4.24. The van der Waals surface area contributed by atoms with Crippen LogP contribution in [-0.4, -0.2) is 29.6 Å². The lowest BCUT2D eigenvalue weighted by atomic mass is 10.1. The second kappa shape index (κ2) is 4.96. The lowest BCUT2D eigenvalue weighted by Gasteiger charge is -2.13. The molecule has 1 unspecified atom stereocenters. The van der Waals surface area contributed by atoms with Crippen molar-refractivity contribution in [3.63, 3.8) is 0 Å². The van der Waals surface area contributed by atoms with Gasteiger partial charge in [-0.1, -0.05) is 17.7 Å². The van der Waals surface area contributed by atoms with Crippen molar-refractivity contribution < 1.29 is 13.5 Å². The smallest absolute Gasteiger partial charge is 0.178 e. The molecule has 0 aliphatic rings. The Hall–Kier alpha value is -1.37. The minimum absolute atomic E-state index is 0.115. The zero-order chi connectivity index (χ0) is 14.2. The summed E-state index contributed by atoms with van der Waals surface area (Å²) in [4.78, 5) is 0.115. The van der Waals surface area contributed by atoms with Gasteiger partial charge in [0.2, 0.25) is 0 Å². The first kappa shape index (κ1) is 14.0. The number of aliphatic hydroxyl groups is 1. The van der Waals surface area contributed by atoms with Crippen molar-refractivity contribution in [2.45, 2.75) is 17.9 Å². The Labute approximate surface area is 116 Å². The third-order valence-electron chi connectivity index (χ3n) is 2.68. The van der Waals surface area contributed by atoms with Gasteiger partial charge in [0.05, 0.1) is 18.0 Å². The van der Waals surface area contributed by atoms with Crippen molar-refractivity contribution in [3.05, 3.63) is 41.2 Å². The number of aromatic nitrogens is 2. The van der Waals surface area contributed by atoms with Crippen LogP contribution in [0.3, 0.4) is 0 Å². The van der Waals surface area contributed by atoms with Crippen LogP contribution in [0, 0.1) is 0 Å². The molecule has 2 rings (SSSR count). The highest BCUT2D eigenvalue weighted by Gasteiger charge is 2.16. The fourth-order valence-corrected chi connectivity index (χ4v) is 2.63. The quantitative estimate of drug-likeness (QED) is 0.941. The maximum absolute atomic E-state index is 11.4. The van der Waals surface area contributed by atoms with E-state index in [4.69, 9.17) is 11.6 Å². The van der Waals surface area contributed by atoms with Crippen LogP contribution >= 0.6 is 11.6 Å². The molecule has 1 aromatic carbocycles. The van der Waals surface area contributed by atoms with Crippen molar-refractivity contribution in [3.8, 4) is 5.69 Å². The highest BCUT2D eigenvalue weighted by atomic mass is 35.5. The molecule has 0 spiro atoms. The Morgan fingerprint density at radius 1 is 1.42 bits per heavy atom. The van der Waals surface area contributed by atoms with Gasteiger partial charge in [-0.05, 0) is 19.1 Å². The number of hydrogen-bond acceptors (Lipinski definition) is 4. The minimum atomic E-state index is -3.31. The predicted molar refractivity (Wildman–Crippen MR) is 72.3 cm³/mol. The first-order chi connectivity index (χ1) is 8.80. The van der Waals surface area contributed by atoms with Crippen LogP contribution in [0.2, 0.25) is 5.02 Å². The SMILES string of the molecule is CC(O)c1c(Cl)cccc1-n1cc(S(C)(=O)=O)cn1. The molecule has 0 saturated heterocycles. The minimum Gasteiger partial charge on any atom is -0.389 e. The molecular formula is C12H13ClN2O3S. The van der Waals surface area contributed by atoms with Gasteiger partial charge < -0.3 is 5.11 Å². The average Bonchev–Trinajstić information content (AvgIpc) is 2.76. The van der Waals surface area contributed by atoms with Gasteiger partial charge in [0, 0.05) is 23.0 Å². The lowest BCUT2D eigenvalue weighted by molar-refractivity contribution is 0.199. The van der Waals surface area contributed by atoms with Crippen LogP contribution in [0.1, 0.15) is 18.6 Å². The van der Waals surface area contributed by atoms with Gasteiger partial charge in [-0.2, -0.15) is 5.10 Å². The summed E-state index contributed by atoms with van der Waals surface area (Å²) in [5.74, 6) is 0. The molecule has 1 heterocycles. The van der Waals surface area contributed by atoms with Gasteiger partial charge in [-0.3, -0.25) is 0 Å². The maximum atomic E-state index is 11.4. The van der Waals surface area contributed by atoms with Crippen LogP contribution < -0.4 is 0 Å². The van der Waals surface area contributed by atoms with Gasteiger partial charge in [0.1, 0.15) is 4.90 Å². The largest absolute Gasteiger partial charge is 0.389 e. The summed E-state index contributed by atoms with van der Waals surface area (Å²) in [6, 6.07) is 5.09. The third kappa shape index (κ3) is 2.80. The van der Waals surface area contributed by atoms with E-state index in [9.17, 15) is 13.5 Å². The number of nitrogens with zero attached hydrogens (tertiary/aromatic N) is 2. The standard InChI is InChI=1S/C12H13ClN2O3S/c1-8(16)12-10(13)4-3-5-11(12)15-7-9(6-14-15)19(2,17)18/h3-8,16H,1-2H3. The van der Waals surface area contributed by atoms with E-state index >= 15 is 0 Å². The first-order valence-corrected chi connectivity index (χ1v) is 7.79. The van der Waals surface area contributed by atoms with Crippen molar-refractivity contribution in [2.75, 3.05) is 6.26 Å². The molecule has 0 bridgehead atoms. The van der Waals surface area contributed by atoms with E-state index in [2.05, 4.69) is 5.10 Å². The normalized spacial score (nSPS) is 13.5. The van der Waals surface area contributed by atoms with Crippen LogP contribution in [0.25, 0.3) is 5.69 Å². The van der Waals surface area contributed by atoms with Crippen LogP contribution in [0.15, 0.2) is 35.5 Å². The summed E-state index contributed by atoms with van der Waals surface area (Å²) in [7, 11) is -3.31. The van der Waals surface area contributed by atoms with E-state index in [-0.39, 0.29) is 4.90 Å². The van der Waals surface area contributed by atoms with Crippen LogP contribution in [0.5, 0.6) is 0 Å². The molecule has 5 nitrogen and oxygen atoms in total. The van der Waals surface area contributed by atoms with Gasteiger partial charge in [0.25, 0.3) is 0 Å². The molecule has 19 heavy (non-hydrogen) atoms. The number of sulfone groups is 1. The number of hydrogen-bond donors (Lipinski definition) is 1. The topological polar surface area (TPSA) is 72.2 Å². The van der Waals surface area contributed by atoms with E-state index in [0.717, 1.165) is 6.26 Å². The molecule has 7 heteroatoms. The Morgan fingerprint density at radius 3 is 2.63 bits per heavy atom. The third-order valence-corrected chi connectivity index (χ3v) is 4.08. The Morgan fingerprint density at radius 2 is 2.11 bits per heavy atom. The summed E-state index contributed by atoms with van der Waals surface area (Å²) < 4.78 is 24.3. The van der Waals surface area contributed by atoms with E-state index < -0.39 is 15.9 Å². The van der Waals surface area contributed by atoms with E-state index in [1.165, 1.54) is 17.1 Å². The summed E-state index contributed by atoms with van der Waals surface area (Å²) >= 11 is 6.05. The molecule has 0 radical (unpaired) electrons. The molecule has 0 aliphatic carbocycles. The number of benzene rings is 1. The lowest BCUT2D eigenvalue weighted by Crippen LogP contribution is -2.04. The van der Waals surface area contributed by atoms with E-state index in [1.54, 1.807) is 25.1 Å². The van der Waals surface area contributed by atoms with Gasteiger partial charge in [0.15, 0.2) is 9.84 Å². The molecule has 0 amide bonds. The molecule has 0 aliphatic heterocycles. The highest BCUT2D eigenvalue weighted by Crippen LogP contribution is 2.29. The highest BCUT2D eigenvalue weighted by molar-refractivity contribution is 7.90. The second-order valence-corrected chi connectivity index (χ2v) is 6.66. The summed E-state index contributed by atoms with van der Waals surface area (Å²) in [5, 5.41) is 14.2. The van der Waals surface area contributed by atoms with Crippen molar-refractivity contribution in [1.82, 2.24) is 9.78 Å². The van der Waals surface area contributed by atoms with Crippen LogP contribution in [0.4, 0.5) is 0 Å². The van der Waals surface area contributed by atoms with Gasteiger partial charge in [-0.25, -0.2) is 13.1 Å². The molecule has 1 aromatic heterocycles. The Kier molecular flexibility index (Phi) is 3.66. The van der Waals surface area contributed by atoms with Gasteiger partial charge >= 0.3 is 0 Å². The molecule has 2 aromatic rings. The average molecular weight is 301 g/mol. The number of rotatable bonds is 3. The molecule has 102 valence electrons. The number of halogens is 1. The number of aliphatic hydroxyl groups excluding tert-OH is 1. The summed E-state index contributed by atoms with van der Waals surface area (Å²) in [5.41, 5.74) is 1.06. The summed E-state index contributed by atoms with van der Waals surface area (Å²) in [6.45, 7) is 1.59. The predicted octanol–water partition coefficient (Wildman–Crippen LogP) is 1.98. The molecule has 1 atom stereocenters.